The van der Waals surface area contributed by atoms with Crippen LogP contribution < -0.4 is 4.74 Å². The summed E-state index contributed by atoms with van der Waals surface area (Å²) < 4.78 is 6.64. The largest absolute Gasteiger partial charge is 0.488 e. The third kappa shape index (κ3) is 3.89. The summed E-state index contributed by atoms with van der Waals surface area (Å²) in [6.07, 6.45) is -0.614. The third-order valence-corrected chi connectivity index (χ3v) is 3.91. The second kappa shape index (κ2) is 6.81. The quantitative estimate of drug-likeness (QED) is 0.776. The van der Waals surface area contributed by atoms with Crippen LogP contribution >= 0.6 is 39.1 Å². The first-order valence-corrected chi connectivity index (χ1v) is 7.56. The highest BCUT2D eigenvalue weighted by Crippen LogP contribution is 2.30. The molecule has 0 amide bonds. The number of benzene rings is 2. The van der Waals surface area contributed by atoms with Gasteiger partial charge in [0.25, 0.3) is 0 Å². The maximum atomic E-state index is 9.78. The molecule has 0 saturated heterocycles. The number of aliphatic hydroxyl groups is 1. The zero-order valence-electron chi connectivity index (χ0n) is 10.7. The van der Waals surface area contributed by atoms with Crippen molar-refractivity contribution < 1.29 is 9.84 Å². The molecule has 2 aromatic carbocycles. The van der Waals surface area contributed by atoms with Crippen molar-refractivity contribution in [2.75, 3.05) is 0 Å². The first-order chi connectivity index (χ1) is 9.47. The van der Waals surface area contributed by atoms with Gasteiger partial charge in [-0.05, 0) is 43.3 Å². The van der Waals surface area contributed by atoms with Gasteiger partial charge >= 0.3 is 0 Å². The Bertz CT molecular complexity index is 615. The number of rotatable bonds is 4. The molecule has 1 atom stereocenters. The summed E-state index contributed by atoms with van der Waals surface area (Å²) in [4.78, 5) is 0. The van der Waals surface area contributed by atoms with Gasteiger partial charge in [0.05, 0.1) is 6.10 Å². The number of hydrogen-bond acceptors (Lipinski definition) is 2. The average Bonchev–Trinajstić information content (AvgIpc) is 2.40. The van der Waals surface area contributed by atoms with Crippen molar-refractivity contribution in [1.29, 1.82) is 0 Å². The maximum absolute atomic E-state index is 9.78. The van der Waals surface area contributed by atoms with Crippen LogP contribution in [0.2, 0.25) is 10.0 Å². The van der Waals surface area contributed by atoms with Crippen LogP contribution in [0.4, 0.5) is 0 Å². The van der Waals surface area contributed by atoms with Crippen molar-refractivity contribution >= 4 is 39.1 Å². The number of halogens is 3. The molecule has 0 aliphatic carbocycles. The Morgan fingerprint density at radius 2 is 1.95 bits per heavy atom. The zero-order valence-corrected chi connectivity index (χ0v) is 13.8. The summed E-state index contributed by atoms with van der Waals surface area (Å²) in [6, 6.07) is 10.7. The van der Waals surface area contributed by atoms with E-state index in [4.69, 9.17) is 27.9 Å². The molecule has 0 aliphatic rings. The zero-order chi connectivity index (χ0) is 14.7. The van der Waals surface area contributed by atoms with Gasteiger partial charge in [-0.3, -0.25) is 0 Å². The van der Waals surface area contributed by atoms with Crippen molar-refractivity contribution in [3.63, 3.8) is 0 Å². The van der Waals surface area contributed by atoms with Gasteiger partial charge in [-0.1, -0.05) is 39.1 Å². The highest BCUT2D eigenvalue weighted by molar-refractivity contribution is 9.10. The van der Waals surface area contributed by atoms with Crippen molar-refractivity contribution in [3.05, 3.63) is 62.0 Å². The second-order valence-electron chi connectivity index (χ2n) is 4.38. The lowest BCUT2D eigenvalue weighted by molar-refractivity contribution is 0.190. The van der Waals surface area contributed by atoms with E-state index in [9.17, 15) is 5.11 Å². The summed E-state index contributed by atoms with van der Waals surface area (Å²) in [7, 11) is 0. The molecule has 0 heterocycles. The summed E-state index contributed by atoms with van der Waals surface area (Å²) in [5.41, 5.74) is 1.52. The summed E-state index contributed by atoms with van der Waals surface area (Å²) >= 11 is 15.4. The fraction of sp³-hybridized carbons (Fsp3) is 0.200. The monoisotopic (exact) mass is 374 g/mol. The summed E-state index contributed by atoms with van der Waals surface area (Å²) in [5, 5.41) is 11.0. The van der Waals surface area contributed by atoms with Crippen LogP contribution in [0.3, 0.4) is 0 Å². The molecular weight excluding hydrogens is 363 g/mol. The van der Waals surface area contributed by atoms with Gasteiger partial charge in [0.15, 0.2) is 0 Å². The molecule has 0 aromatic heterocycles. The van der Waals surface area contributed by atoms with E-state index in [0.29, 0.717) is 22.4 Å². The highest BCUT2D eigenvalue weighted by Gasteiger charge is 2.11. The standard InChI is InChI=1S/C15H13BrCl2O2/c1-9(19)13-7-11(16)2-5-15(13)20-8-10-6-12(17)3-4-14(10)18/h2-7,9,19H,8H2,1H3. The van der Waals surface area contributed by atoms with E-state index in [0.717, 1.165) is 15.6 Å². The first-order valence-electron chi connectivity index (χ1n) is 6.01. The van der Waals surface area contributed by atoms with Crippen LogP contribution in [-0.2, 0) is 6.61 Å². The van der Waals surface area contributed by atoms with Gasteiger partial charge < -0.3 is 9.84 Å². The highest BCUT2D eigenvalue weighted by atomic mass is 79.9. The lowest BCUT2D eigenvalue weighted by Gasteiger charge is -2.14. The lowest BCUT2D eigenvalue weighted by atomic mass is 10.1. The van der Waals surface area contributed by atoms with Crippen molar-refractivity contribution in [2.24, 2.45) is 0 Å². The number of ether oxygens (including phenoxy) is 1. The average molecular weight is 376 g/mol. The minimum atomic E-state index is -0.614. The number of aliphatic hydroxyl groups excluding tert-OH is 1. The minimum Gasteiger partial charge on any atom is -0.488 e. The van der Waals surface area contributed by atoms with E-state index in [1.165, 1.54) is 0 Å². The van der Waals surface area contributed by atoms with E-state index in [2.05, 4.69) is 15.9 Å². The van der Waals surface area contributed by atoms with Crippen LogP contribution in [0.25, 0.3) is 0 Å². The van der Waals surface area contributed by atoms with Crippen LogP contribution in [0, 0.1) is 0 Å². The third-order valence-electron chi connectivity index (χ3n) is 2.81. The first kappa shape index (κ1) is 15.6. The van der Waals surface area contributed by atoms with Gasteiger partial charge in [-0.2, -0.15) is 0 Å². The molecule has 0 spiro atoms. The van der Waals surface area contributed by atoms with E-state index in [1.54, 1.807) is 25.1 Å². The van der Waals surface area contributed by atoms with Gasteiger partial charge in [0.2, 0.25) is 0 Å². The molecule has 20 heavy (non-hydrogen) atoms. The van der Waals surface area contributed by atoms with E-state index >= 15 is 0 Å². The lowest BCUT2D eigenvalue weighted by Crippen LogP contribution is -2.01. The maximum Gasteiger partial charge on any atom is 0.125 e. The van der Waals surface area contributed by atoms with Crippen LogP contribution in [0.1, 0.15) is 24.2 Å². The molecule has 0 bridgehead atoms. The Kier molecular flexibility index (Phi) is 5.33. The molecule has 1 unspecified atom stereocenters. The van der Waals surface area contributed by atoms with E-state index in [-0.39, 0.29) is 0 Å². The fourth-order valence-electron chi connectivity index (χ4n) is 1.79. The van der Waals surface area contributed by atoms with Gasteiger partial charge in [0, 0.05) is 25.6 Å². The molecule has 2 nitrogen and oxygen atoms in total. The Morgan fingerprint density at radius 1 is 1.20 bits per heavy atom. The normalized spacial score (nSPS) is 12.2. The number of hydrogen-bond donors (Lipinski definition) is 1. The van der Waals surface area contributed by atoms with Crippen LogP contribution in [0.5, 0.6) is 5.75 Å². The molecule has 2 rings (SSSR count). The molecule has 0 saturated carbocycles. The second-order valence-corrected chi connectivity index (χ2v) is 6.14. The molecule has 0 radical (unpaired) electrons. The fourth-order valence-corrected chi connectivity index (χ4v) is 2.53. The predicted octanol–water partition coefficient (Wildman–Crippen LogP) is 5.39. The van der Waals surface area contributed by atoms with Crippen molar-refractivity contribution in [3.8, 4) is 5.75 Å². The van der Waals surface area contributed by atoms with Crippen molar-refractivity contribution in [1.82, 2.24) is 0 Å². The van der Waals surface area contributed by atoms with E-state index in [1.807, 2.05) is 18.2 Å². The Hall–Kier alpha value is -0.740. The molecule has 106 valence electrons. The predicted molar refractivity (Wildman–Crippen MR) is 85.6 cm³/mol. The van der Waals surface area contributed by atoms with Crippen LogP contribution in [-0.4, -0.2) is 5.11 Å². The summed E-state index contributed by atoms with van der Waals surface area (Å²) in [5.74, 6) is 0.624. The Labute approximate surface area is 136 Å². The Morgan fingerprint density at radius 3 is 2.65 bits per heavy atom. The van der Waals surface area contributed by atoms with Crippen molar-refractivity contribution in [2.45, 2.75) is 19.6 Å². The molecular formula is C15H13BrCl2O2. The van der Waals surface area contributed by atoms with Gasteiger partial charge in [-0.25, -0.2) is 0 Å². The van der Waals surface area contributed by atoms with E-state index < -0.39 is 6.10 Å². The Balaban J connectivity index is 2.20. The smallest absolute Gasteiger partial charge is 0.125 e. The van der Waals surface area contributed by atoms with Gasteiger partial charge in [0.1, 0.15) is 12.4 Å². The minimum absolute atomic E-state index is 0.292. The summed E-state index contributed by atoms with van der Waals surface area (Å²) in [6.45, 7) is 1.99. The topological polar surface area (TPSA) is 29.5 Å². The SMILES string of the molecule is CC(O)c1cc(Br)ccc1OCc1cc(Cl)ccc1Cl. The molecule has 5 heteroatoms. The molecule has 0 fully saturated rings. The molecule has 1 N–H and O–H groups in total. The van der Waals surface area contributed by atoms with Crippen LogP contribution in [0.15, 0.2) is 40.9 Å². The van der Waals surface area contributed by atoms with Gasteiger partial charge in [-0.15, -0.1) is 0 Å². The molecule has 0 aliphatic heterocycles. The molecule has 2 aromatic rings.